The largest absolute Gasteiger partial charge is 0.478 e. The molecule has 1 rings (SSSR count). The number of carbonyl (C=O) groups is 2. The third-order valence-electron chi connectivity index (χ3n) is 1.76. The highest BCUT2D eigenvalue weighted by molar-refractivity contribution is 7.84. The molecule has 80 valence electrons. The van der Waals surface area contributed by atoms with Crippen LogP contribution in [-0.2, 0) is 10.8 Å². The molecule has 1 unspecified atom stereocenters. The lowest BCUT2D eigenvalue weighted by molar-refractivity contribution is 0.0690. The van der Waals surface area contributed by atoms with Crippen molar-refractivity contribution in [3.8, 4) is 0 Å². The van der Waals surface area contributed by atoms with Gasteiger partial charge >= 0.3 is 11.9 Å². The monoisotopic (exact) mass is 228 g/mol. The fourth-order valence-electron chi connectivity index (χ4n) is 1.18. The van der Waals surface area contributed by atoms with Crippen LogP contribution in [0.3, 0.4) is 0 Å². The Hall–Kier alpha value is -1.69. The summed E-state index contributed by atoms with van der Waals surface area (Å²) in [5.41, 5.74) is -0.480. The number of aromatic carboxylic acids is 2. The average Bonchev–Trinajstić information content (AvgIpc) is 2.16. The van der Waals surface area contributed by atoms with E-state index in [1.807, 2.05) is 0 Å². The van der Waals surface area contributed by atoms with E-state index >= 15 is 0 Å². The topological polar surface area (TPSA) is 91.7 Å². The summed E-state index contributed by atoms with van der Waals surface area (Å²) in [5, 5.41) is 17.6. The Kier molecular flexibility index (Phi) is 3.21. The van der Waals surface area contributed by atoms with Gasteiger partial charge in [0.1, 0.15) is 0 Å². The van der Waals surface area contributed by atoms with Crippen molar-refractivity contribution in [1.29, 1.82) is 0 Å². The number of carboxylic acid groups (broad SMARTS) is 2. The van der Waals surface area contributed by atoms with Crippen molar-refractivity contribution in [3.63, 3.8) is 0 Å². The number of hydrogen-bond acceptors (Lipinski definition) is 3. The summed E-state index contributed by atoms with van der Waals surface area (Å²) in [7, 11) is -1.65. The molecule has 0 saturated carbocycles. The molecule has 2 N–H and O–H groups in total. The minimum atomic E-state index is -1.65. The lowest BCUT2D eigenvalue weighted by Gasteiger charge is -2.06. The minimum absolute atomic E-state index is 0.155. The van der Waals surface area contributed by atoms with Crippen molar-refractivity contribution < 1.29 is 24.0 Å². The van der Waals surface area contributed by atoms with Gasteiger partial charge in [-0.2, -0.15) is 0 Å². The number of carboxylic acids is 2. The Morgan fingerprint density at radius 1 is 1.13 bits per heavy atom. The van der Waals surface area contributed by atoms with Crippen LogP contribution in [0.5, 0.6) is 0 Å². The van der Waals surface area contributed by atoms with Gasteiger partial charge < -0.3 is 10.2 Å². The normalized spacial score (nSPS) is 12.1. The van der Waals surface area contributed by atoms with Crippen molar-refractivity contribution in [2.75, 3.05) is 6.26 Å². The van der Waals surface area contributed by atoms with E-state index in [0.717, 1.165) is 0 Å². The second kappa shape index (κ2) is 4.22. The maximum atomic E-state index is 11.3. The van der Waals surface area contributed by atoms with Crippen LogP contribution in [0.4, 0.5) is 0 Å². The molecule has 0 aromatic heterocycles. The molecule has 6 heteroatoms. The molecule has 0 amide bonds. The highest BCUT2D eigenvalue weighted by atomic mass is 32.2. The van der Waals surface area contributed by atoms with Gasteiger partial charge in [-0.15, -0.1) is 0 Å². The Morgan fingerprint density at radius 3 is 1.80 bits per heavy atom. The fraction of sp³-hybridized carbons (Fsp3) is 0.111. The summed E-state index contributed by atoms with van der Waals surface area (Å²) in [6.45, 7) is 0. The first-order valence-corrected chi connectivity index (χ1v) is 5.44. The van der Waals surface area contributed by atoms with Gasteiger partial charge in [-0.1, -0.05) is 6.07 Å². The van der Waals surface area contributed by atoms with Crippen molar-refractivity contribution in [2.24, 2.45) is 0 Å². The third kappa shape index (κ3) is 2.21. The van der Waals surface area contributed by atoms with E-state index in [2.05, 4.69) is 0 Å². The average molecular weight is 228 g/mol. The molecule has 0 aliphatic carbocycles. The van der Waals surface area contributed by atoms with Crippen LogP contribution in [0.15, 0.2) is 23.1 Å². The molecular weight excluding hydrogens is 220 g/mol. The van der Waals surface area contributed by atoms with E-state index in [0.29, 0.717) is 0 Å². The highest BCUT2D eigenvalue weighted by Crippen LogP contribution is 2.18. The van der Waals surface area contributed by atoms with Crippen LogP contribution >= 0.6 is 0 Å². The number of hydrogen-bond donors (Lipinski definition) is 2. The lowest BCUT2D eigenvalue weighted by Crippen LogP contribution is -2.10. The van der Waals surface area contributed by atoms with Gasteiger partial charge in [-0.05, 0) is 12.1 Å². The summed E-state index contributed by atoms with van der Waals surface area (Å²) < 4.78 is 11.3. The molecule has 1 aromatic carbocycles. The maximum Gasteiger partial charge on any atom is 0.336 e. The van der Waals surface area contributed by atoms with Crippen LogP contribution in [-0.4, -0.2) is 32.6 Å². The molecule has 0 bridgehead atoms. The van der Waals surface area contributed by atoms with Gasteiger partial charge in [-0.3, -0.25) is 4.21 Å². The Balaban J connectivity index is 3.56. The minimum Gasteiger partial charge on any atom is -0.478 e. The van der Waals surface area contributed by atoms with Gasteiger partial charge in [-0.25, -0.2) is 9.59 Å². The zero-order chi connectivity index (χ0) is 11.6. The Bertz CT molecular complexity index is 420. The molecule has 0 heterocycles. The van der Waals surface area contributed by atoms with Crippen molar-refractivity contribution in [1.82, 2.24) is 0 Å². The molecule has 0 fully saturated rings. The smallest absolute Gasteiger partial charge is 0.336 e. The molecule has 0 radical (unpaired) electrons. The van der Waals surface area contributed by atoms with E-state index in [9.17, 15) is 13.8 Å². The van der Waals surface area contributed by atoms with Crippen LogP contribution < -0.4 is 0 Å². The molecule has 15 heavy (non-hydrogen) atoms. The standard InChI is InChI=1S/C9H8O5S/c1-15(14)7-5(8(10)11)3-2-4-6(7)9(12)13/h2-4H,1H3,(H,10,11)(H,12,13). The fourth-order valence-corrected chi connectivity index (χ4v) is 2.11. The van der Waals surface area contributed by atoms with Gasteiger partial charge in [0.05, 0.1) is 26.8 Å². The lowest BCUT2D eigenvalue weighted by atomic mass is 10.1. The first-order chi connectivity index (χ1) is 6.95. The first kappa shape index (κ1) is 11.4. The molecule has 1 aromatic rings. The predicted octanol–water partition coefficient (Wildman–Crippen LogP) is 0.820. The van der Waals surface area contributed by atoms with Crippen molar-refractivity contribution >= 4 is 22.7 Å². The van der Waals surface area contributed by atoms with E-state index in [-0.39, 0.29) is 16.0 Å². The molecule has 0 saturated heterocycles. The number of benzene rings is 1. The maximum absolute atomic E-state index is 11.3. The Labute approximate surface area is 87.8 Å². The summed E-state index contributed by atoms with van der Waals surface area (Å²) in [5.74, 6) is -2.58. The summed E-state index contributed by atoms with van der Waals surface area (Å²) >= 11 is 0. The van der Waals surface area contributed by atoms with E-state index < -0.39 is 22.7 Å². The SMILES string of the molecule is CS(=O)c1c(C(=O)O)cccc1C(=O)O. The summed E-state index contributed by atoms with van der Waals surface area (Å²) in [6.07, 6.45) is 1.24. The van der Waals surface area contributed by atoms with Crippen LogP contribution in [0.2, 0.25) is 0 Å². The van der Waals surface area contributed by atoms with Crippen LogP contribution in [0.25, 0.3) is 0 Å². The third-order valence-corrected chi connectivity index (χ3v) is 2.78. The van der Waals surface area contributed by atoms with Crippen LogP contribution in [0.1, 0.15) is 20.7 Å². The predicted molar refractivity (Wildman–Crippen MR) is 52.7 cm³/mol. The Morgan fingerprint density at radius 2 is 1.53 bits per heavy atom. The molecule has 0 aliphatic rings. The van der Waals surface area contributed by atoms with Gasteiger partial charge in [0.15, 0.2) is 0 Å². The molecule has 0 aliphatic heterocycles. The van der Waals surface area contributed by atoms with E-state index in [1.54, 1.807) is 0 Å². The van der Waals surface area contributed by atoms with Crippen molar-refractivity contribution in [3.05, 3.63) is 29.3 Å². The van der Waals surface area contributed by atoms with Crippen LogP contribution in [0, 0.1) is 0 Å². The van der Waals surface area contributed by atoms with Gasteiger partial charge in [0.2, 0.25) is 0 Å². The zero-order valence-electron chi connectivity index (χ0n) is 7.76. The summed E-state index contributed by atoms with van der Waals surface area (Å²) in [6, 6.07) is 3.76. The molecule has 0 spiro atoms. The van der Waals surface area contributed by atoms with Crippen molar-refractivity contribution in [2.45, 2.75) is 4.90 Å². The molecular formula is C9H8O5S. The molecule has 5 nitrogen and oxygen atoms in total. The quantitative estimate of drug-likeness (QED) is 0.799. The van der Waals surface area contributed by atoms with Gasteiger partial charge in [0.25, 0.3) is 0 Å². The molecule has 1 atom stereocenters. The number of rotatable bonds is 3. The second-order valence-corrected chi connectivity index (χ2v) is 4.06. The van der Waals surface area contributed by atoms with E-state index in [1.165, 1.54) is 24.5 Å². The first-order valence-electron chi connectivity index (χ1n) is 3.88. The second-order valence-electron chi connectivity index (χ2n) is 2.75. The van der Waals surface area contributed by atoms with E-state index in [4.69, 9.17) is 10.2 Å². The van der Waals surface area contributed by atoms with Gasteiger partial charge in [0, 0.05) is 6.26 Å². The zero-order valence-corrected chi connectivity index (χ0v) is 8.58. The highest BCUT2D eigenvalue weighted by Gasteiger charge is 2.20. The summed E-state index contributed by atoms with van der Waals surface area (Å²) in [4.78, 5) is 21.4.